The van der Waals surface area contributed by atoms with Crippen LogP contribution >= 0.6 is 0 Å². The van der Waals surface area contributed by atoms with E-state index < -0.39 is 17.2 Å². The van der Waals surface area contributed by atoms with Gasteiger partial charge in [0, 0.05) is 0 Å². The third-order valence-corrected chi connectivity index (χ3v) is 4.78. The second-order valence-electron chi connectivity index (χ2n) is 6.03. The Balaban J connectivity index is 1.80. The molecular formula is C17H18FN3O4S. The third-order valence-electron chi connectivity index (χ3n) is 4.06. The molecule has 0 bridgehead atoms. The van der Waals surface area contributed by atoms with Crippen molar-refractivity contribution in [3.63, 3.8) is 0 Å². The van der Waals surface area contributed by atoms with Crippen molar-refractivity contribution in [2.75, 3.05) is 16.2 Å². The van der Waals surface area contributed by atoms with E-state index in [0.717, 1.165) is 0 Å². The van der Waals surface area contributed by atoms with Gasteiger partial charge in [0.1, 0.15) is 17.6 Å². The molecule has 1 aromatic heterocycles. The molecule has 26 heavy (non-hydrogen) atoms. The summed E-state index contributed by atoms with van der Waals surface area (Å²) in [6, 6.07) is 7.24. The number of hydrogen-bond acceptors (Lipinski definition) is 4. The number of carbonyl (C=O) groups is 1. The van der Waals surface area contributed by atoms with Gasteiger partial charge in [-0.25, -0.2) is 13.6 Å². The summed E-state index contributed by atoms with van der Waals surface area (Å²) >= 11 is -2.23. The highest BCUT2D eigenvalue weighted by Crippen LogP contribution is 2.34. The topological polar surface area (TPSA) is 91.8 Å². The Morgan fingerprint density at radius 1 is 1.46 bits per heavy atom. The lowest BCUT2D eigenvalue weighted by Gasteiger charge is -2.31. The van der Waals surface area contributed by atoms with E-state index >= 15 is 0 Å². The monoisotopic (exact) mass is 379 g/mol. The molecule has 138 valence electrons. The van der Waals surface area contributed by atoms with E-state index in [0.29, 0.717) is 16.9 Å². The molecule has 1 aliphatic rings. The number of ether oxygens (including phenoxy) is 1. The zero-order valence-corrected chi connectivity index (χ0v) is 15.0. The highest BCUT2D eigenvalue weighted by atomic mass is 32.2. The minimum Gasteiger partial charge on any atom is -0.471 e. The molecule has 0 saturated carbocycles. The Kier molecular flexibility index (Phi) is 5.19. The zero-order chi connectivity index (χ0) is 18.8. The minimum absolute atomic E-state index is 0.223. The number of anilines is 2. The normalized spacial score (nSPS) is 18.5. The fraction of sp³-hybridized carbons (Fsp3) is 0.294. The van der Waals surface area contributed by atoms with Crippen LogP contribution < -0.4 is 14.4 Å². The molecule has 1 aliphatic heterocycles. The first-order valence-electron chi connectivity index (χ1n) is 7.96. The first-order valence-corrected chi connectivity index (χ1v) is 9.03. The number of rotatable bonds is 4. The number of fused-ring (bicyclic) bond motifs is 1. The first kappa shape index (κ1) is 18.3. The Bertz CT molecular complexity index is 846. The van der Waals surface area contributed by atoms with Crippen LogP contribution in [0, 0.1) is 5.82 Å². The van der Waals surface area contributed by atoms with Gasteiger partial charge in [-0.2, -0.15) is 0 Å². The van der Waals surface area contributed by atoms with Crippen LogP contribution in [-0.2, 0) is 16.1 Å². The van der Waals surface area contributed by atoms with Crippen LogP contribution in [0.4, 0.5) is 15.8 Å². The number of benzene rings is 1. The summed E-state index contributed by atoms with van der Waals surface area (Å²) in [5.41, 5.74) is 1.37. The van der Waals surface area contributed by atoms with Crippen LogP contribution in [-0.4, -0.2) is 32.3 Å². The SMILES string of the molecule is CC1CN(S(=O)O)c2cc(NC(=O)C(C)c3ccc(F)cc3)cnc2O1. The average molecular weight is 379 g/mol. The van der Waals surface area contributed by atoms with Gasteiger partial charge in [0.25, 0.3) is 11.3 Å². The van der Waals surface area contributed by atoms with E-state index in [1.165, 1.54) is 28.7 Å². The lowest BCUT2D eigenvalue weighted by molar-refractivity contribution is -0.117. The van der Waals surface area contributed by atoms with Crippen LogP contribution in [0.5, 0.6) is 5.88 Å². The molecule has 7 nitrogen and oxygen atoms in total. The van der Waals surface area contributed by atoms with Gasteiger partial charge in [-0.3, -0.25) is 13.7 Å². The molecule has 2 N–H and O–H groups in total. The van der Waals surface area contributed by atoms with Crippen LogP contribution in [0.1, 0.15) is 25.3 Å². The fourth-order valence-corrected chi connectivity index (χ4v) is 3.28. The largest absolute Gasteiger partial charge is 0.471 e. The molecule has 0 saturated heterocycles. The fourth-order valence-electron chi connectivity index (χ4n) is 2.64. The van der Waals surface area contributed by atoms with Crippen molar-refractivity contribution in [3.05, 3.63) is 47.9 Å². The molecule has 0 spiro atoms. The van der Waals surface area contributed by atoms with Crippen molar-refractivity contribution in [1.29, 1.82) is 0 Å². The molecule has 1 amide bonds. The van der Waals surface area contributed by atoms with Crippen molar-refractivity contribution in [3.8, 4) is 5.88 Å². The van der Waals surface area contributed by atoms with Gasteiger partial charge >= 0.3 is 0 Å². The summed E-state index contributed by atoms with van der Waals surface area (Å²) in [6.45, 7) is 3.69. The van der Waals surface area contributed by atoms with Crippen molar-refractivity contribution >= 4 is 28.5 Å². The molecule has 2 aromatic rings. The predicted molar refractivity (Wildman–Crippen MR) is 95.9 cm³/mol. The van der Waals surface area contributed by atoms with Gasteiger partial charge < -0.3 is 10.1 Å². The molecule has 1 aromatic carbocycles. The number of nitrogens with zero attached hydrogens (tertiary/aromatic N) is 2. The summed E-state index contributed by atoms with van der Waals surface area (Å²) in [4.78, 5) is 16.6. The Morgan fingerprint density at radius 3 is 2.81 bits per heavy atom. The maximum absolute atomic E-state index is 13.0. The van der Waals surface area contributed by atoms with E-state index in [1.807, 2.05) is 0 Å². The maximum atomic E-state index is 13.0. The van der Waals surface area contributed by atoms with Crippen LogP contribution in [0.3, 0.4) is 0 Å². The van der Waals surface area contributed by atoms with E-state index in [9.17, 15) is 17.9 Å². The number of amides is 1. The van der Waals surface area contributed by atoms with E-state index in [4.69, 9.17) is 4.74 Å². The first-order chi connectivity index (χ1) is 12.3. The summed E-state index contributed by atoms with van der Waals surface area (Å²) in [5.74, 6) is -0.951. The second-order valence-corrected chi connectivity index (χ2v) is 6.93. The number of aromatic nitrogens is 1. The molecule has 3 unspecified atom stereocenters. The lowest BCUT2D eigenvalue weighted by atomic mass is 10.0. The van der Waals surface area contributed by atoms with E-state index in [-0.39, 0.29) is 30.3 Å². The maximum Gasteiger partial charge on any atom is 0.262 e. The van der Waals surface area contributed by atoms with Crippen molar-refractivity contribution in [2.24, 2.45) is 0 Å². The molecule has 0 aliphatic carbocycles. The van der Waals surface area contributed by atoms with Gasteiger partial charge in [0.15, 0.2) is 0 Å². The summed E-state index contributed by atoms with van der Waals surface area (Å²) in [5, 5.41) is 2.72. The van der Waals surface area contributed by atoms with Crippen molar-refractivity contribution < 1.29 is 22.7 Å². The summed E-state index contributed by atoms with van der Waals surface area (Å²) in [7, 11) is 0. The van der Waals surface area contributed by atoms with Gasteiger partial charge in [0.05, 0.1) is 24.3 Å². The van der Waals surface area contributed by atoms with Gasteiger partial charge in [-0.15, -0.1) is 0 Å². The van der Waals surface area contributed by atoms with Gasteiger partial charge in [0.2, 0.25) is 11.8 Å². The molecular weight excluding hydrogens is 361 g/mol. The van der Waals surface area contributed by atoms with Crippen molar-refractivity contribution in [2.45, 2.75) is 25.9 Å². The molecule has 0 radical (unpaired) electrons. The molecule has 2 heterocycles. The standard InChI is InChI=1S/C17H18FN3O4S/c1-10-9-21(26(23)24)15-7-14(8-19-17(15)25-10)20-16(22)11(2)12-3-5-13(18)6-4-12/h3-8,10-11H,9H2,1-2H3,(H,20,22)(H,23,24). The number of pyridine rings is 1. The smallest absolute Gasteiger partial charge is 0.262 e. The second kappa shape index (κ2) is 7.38. The third kappa shape index (κ3) is 3.83. The molecule has 0 fully saturated rings. The number of carbonyl (C=O) groups excluding carboxylic acids is 1. The highest BCUT2D eigenvalue weighted by molar-refractivity contribution is 7.80. The number of nitrogens with one attached hydrogen (secondary N) is 1. The Morgan fingerprint density at radius 2 is 2.15 bits per heavy atom. The number of halogens is 1. The van der Waals surface area contributed by atoms with Gasteiger partial charge in [-0.05, 0) is 37.6 Å². The highest BCUT2D eigenvalue weighted by Gasteiger charge is 2.28. The Labute approximate surface area is 152 Å². The lowest BCUT2D eigenvalue weighted by Crippen LogP contribution is -2.39. The predicted octanol–water partition coefficient (Wildman–Crippen LogP) is 2.69. The average Bonchev–Trinajstić information content (AvgIpc) is 2.61. The molecule has 9 heteroatoms. The summed E-state index contributed by atoms with van der Waals surface area (Å²) < 4.78 is 40.8. The van der Waals surface area contributed by atoms with Gasteiger partial charge in [-0.1, -0.05) is 12.1 Å². The number of hydrogen-bond donors (Lipinski definition) is 2. The minimum atomic E-state index is -2.23. The quantitative estimate of drug-likeness (QED) is 0.797. The Hall–Kier alpha value is -2.52. The van der Waals surface area contributed by atoms with E-state index in [1.54, 1.807) is 26.0 Å². The zero-order valence-electron chi connectivity index (χ0n) is 14.2. The molecule has 3 atom stereocenters. The van der Waals surface area contributed by atoms with E-state index in [2.05, 4.69) is 10.3 Å². The van der Waals surface area contributed by atoms with Crippen LogP contribution in [0.25, 0.3) is 0 Å². The van der Waals surface area contributed by atoms with Crippen LogP contribution in [0.15, 0.2) is 36.5 Å². The summed E-state index contributed by atoms with van der Waals surface area (Å²) in [6.07, 6.45) is 1.13. The molecule has 3 rings (SSSR count). The van der Waals surface area contributed by atoms with Crippen LogP contribution in [0.2, 0.25) is 0 Å². The van der Waals surface area contributed by atoms with Crippen molar-refractivity contribution in [1.82, 2.24) is 4.98 Å².